The van der Waals surface area contributed by atoms with Crippen molar-refractivity contribution in [3.63, 3.8) is 0 Å². The van der Waals surface area contributed by atoms with Crippen LogP contribution in [0.2, 0.25) is 0 Å². The molecule has 134 valence electrons. The van der Waals surface area contributed by atoms with Crippen molar-refractivity contribution in [3.8, 4) is 11.8 Å². The van der Waals surface area contributed by atoms with Gasteiger partial charge in [-0.1, -0.05) is 18.2 Å². The lowest BCUT2D eigenvalue weighted by Crippen LogP contribution is -2.39. The van der Waals surface area contributed by atoms with Gasteiger partial charge in [0.15, 0.2) is 5.78 Å². The fourth-order valence-corrected chi connectivity index (χ4v) is 3.53. The second kappa shape index (κ2) is 7.61. The SMILES string of the molecule is CC(=O)c1ccc(C#N)cc1N1CCC(Oc2c(C)cccc2C)CC1. The average molecular weight is 348 g/mol. The highest BCUT2D eigenvalue weighted by atomic mass is 16.5. The van der Waals surface area contributed by atoms with E-state index < -0.39 is 0 Å². The number of piperidine rings is 1. The monoisotopic (exact) mass is 348 g/mol. The fourth-order valence-electron chi connectivity index (χ4n) is 3.53. The largest absolute Gasteiger partial charge is 0.490 e. The topological polar surface area (TPSA) is 53.3 Å². The van der Waals surface area contributed by atoms with Gasteiger partial charge in [0, 0.05) is 37.2 Å². The van der Waals surface area contributed by atoms with E-state index in [1.807, 2.05) is 12.1 Å². The van der Waals surface area contributed by atoms with Crippen molar-refractivity contribution < 1.29 is 9.53 Å². The lowest BCUT2D eigenvalue weighted by atomic mass is 10.0. The number of benzene rings is 2. The van der Waals surface area contributed by atoms with E-state index in [1.165, 1.54) is 0 Å². The third-order valence-corrected chi connectivity index (χ3v) is 4.98. The molecule has 1 heterocycles. The molecule has 0 amide bonds. The van der Waals surface area contributed by atoms with E-state index in [-0.39, 0.29) is 11.9 Å². The number of para-hydroxylation sites is 1. The summed E-state index contributed by atoms with van der Waals surface area (Å²) in [7, 11) is 0. The molecule has 2 aromatic rings. The quantitative estimate of drug-likeness (QED) is 0.767. The Bertz CT molecular complexity index is 839. The van der Waals surface area contributed by atoms with Gasteiger partial charge in [-0.3, -0.25) is 4.79 Å². The van der Waals surface area contributed by atoms with Gasteiger partial charge in [-0.15, -0.1) is 0 Å². The van der Waals surface area contributed by atoms with Crippen molar-refractivity contribution >= 4 is 11.5 Å². The molecule has 0 N–H and O–H groups in total. The van der Waals surface area contributed by atoms with E-state index >= 15 is 0 Å². The number of nitrogens with zero attached hydrogens (tertiary/aromatic N) is 2. The molecule has 26 heavy (non-hydrogen) atoms. The third-order valence-electron chi connectivity index (χ3n) is 4.98. The lowest BCUT2D eigenvalue weighted by molar-refractivity contribution is 0.101. The highest BCUT2D eigenvalue weighted by Crippen LogP contribution is 2.29. The van der Waals surface area contributed by atoms with E-state index in [2.05, 4.69) is 36.9 Å². The maximum Gasteiger partial charge on any atom is 0.161 e. The van der Waals surface area contributed by atoms with Gasteiger partial charge in [-0.05, 0) is 50.1 Å². The van der Waals surface area contributed by atoms with Gasteiger partial charge in [-0.25, -0.2) is 0 Å². The summed E-state index contributed by atoms with van der Waals surface area (Å²) >= 11 is 0. The van der Waals surface area contributed by atoms with E-state index in [0.717, 1.165) is 48.5 Å². The second-order valence-corrected chi connectivity index (χ2v) is 6.93. The summed E-state index contributed by atoms with van der Waals surface area (Å²) in [6.45, 7) is 7.34. The second-order valence-electron chi connectivity index (χ2n) is 6.93. The Balaban J connectivity index is 1.73. The first-order valence-corrected chi connectivity index (χ1v) is 9.02. The molecule has 0 aliphatic carbocycles. The minimum atomic E-state index is 0.0263. The molecule has 0 spiro atoms. The Kier molecular flexibility index (Phi) is 5.27. The molecule has 1 saturated heterocycles. The van der Waals surface area contributed by atoms with E-state index in [1.54, 1.807) is 19.1 Å². The Labute approximate surface area is 155 Å². The first-order valence-electron chi connectivity index (χ1n) is 9.02. The van der Waals surface area contributed by atoms with Crippen LogP contribution in [0.4, 0.5) is 5.69 Å². The van der Waals surface area contributed by atoms with Crippen LogP contribution in [-0.4, -0.2) is 25.0 Å². The predicted molar refractivity (Wildman–Crippen MR) is 103 cm³/mol. The normalized spacial score (nSPS) is 14.8. The van der Waals surface area contributed by atoms with Gasteiger partial charge < -0.3 is 9.64 Å². The van der Waals surface area contributed by atoms with Gasteiger partial charge in [0.2, 0.25) is 0 Å². The van der Waals surface area contributed by atoms with Crippen LogP contribution in [-0.2, 0) is 0 Å². The van der Waals surface area contributed by atoms with Gasteiger partial charge in [0.1, 0.15) is 11.9 Å². The minimum absolute atomic E-state index is 0.0263. The summed E-state index contributed by atoms with van der Waals surface area (Å²) in [5.41, 5.74) is 4.44. The van der Waals surface area contributed by atoms with Crippen LogP contribution in [0.1, 0.15) is 46.8 Å². The van der Waals surface area contributed by atoms with Crippen LogP contribution in [0.25, 0.3) is 0 Å². The van der Waals surface area contributed by atoms with Crippen LogP contribution >= 0.6 is 0 Å². The molecule has 4 heteroatoms. The van der Waals surface area contributed by atoms with Gasteiger partial charge in [0.25, 0.3) is 0 Å². The van der Waals surface area contributed by atoms with Gasteiger partial charge >= 0.3 is 0 Å². The molecule has 1 aliphatic rings. The molecule has 0 unspecified atom stereocenters. The number of ether oxygens (including phenoxy) is 1. The minimum Gasteiger partial charge on any atom is -0.490 e. The molecule has 0 aromatic heterocycles. The lowest BCUT2D eigenvalue weighted by Gasteiger charge is -2.35. The van der Waals surface area contributed by atoms with Crippen LogP contribution < -0.4 is 9.64 Å². The first-order chi connectivity index (χ1) is 12.5. The van der Waals surface area contributed by atoms with E-state index in [0.29, 0.717) is 11.1 Å². The smallest absolute Gasteiger partial charge is 0.161 e. The van der Waals surface area contributed by atoms with Crippen LogP contribution in [0.15, 0.2) is 36.4 Å². The zero-order valence-corrected chi connectivity index (χ0v) is 15.6. The molecule has 4 nitrogen and oxygen atoms in total. The first kappa shape index (κ1) is 18.0. The highest BCUT2D eigenvalue weighted by molar-refractivity contribution is 6.00. The number of nitriles is 1. The maximum absolute atomic E-state index is 12.0. The summed E-state index contributed by atoms with van der Waals surface area (Å²) in [6.07, 6.45) is 1.95. The number of Topliss-reactive ketones (excluding diaryl/α,β-unsaturated/α-hetero) is 1. The number of carbonyl (C=O) groups excluding carboxylic acids is 1. The van der Waals surface area contributed by atoms with Crippen molar-refractivity contribution in [2.45, 2.75) is 39.7 Å². The summed E-state index contributed by atoms with van der Waals surface area (Å²) in [4.78, 5) is 14.2. The van der Waals surface area contributed by atoms with E-state index in [4.69, 9.17) is 4.74 Å². The summed E-state index contributed by atoms with van der Waals surface area (Å²) in [6, 6.07) is 13.6. The highest BCUT2D eigenvalue weighted by Gasteiger charge is 2.24. The molecular formula is C22H24N2O2. The number of carbonyl (C=O) groups is 1. The van der Waals surface area contributed by atoms with Crippen LogP contribution in [0, 0.1) is 25.2 Å². The van der Waals surface area contributed by atoms with Crippen molar-refractivity contribution in [1.82, 2.24) is 0 Å². The maximum atomic E-state index is 12.0. The Morgan fingerprint density at radius 1 is 1.15 bits per heavy atom. The van der Waals surface area contributed by atoms with Gasteiger partial charge in [-0.2, -0.15) is 5.26 Å². The number of hydrogen-bond acceptors (Lipinski definition) is 4. The predicted octanol–water partition coefficient (Wildman–Crippen LogP) is 4.43. The van der Waals surface area contributed by atoms with Gasteiger partial charge in [0.05, 0.1) is 11.6 Å². The van der Waals surface area contributed by atoms with Crippen LogP contribution in [0.3, 0.4) is 0 Å². The summed E-state index contributed by atoms with van der Waals surface area (Å²) in [5, 5.41) is 9.17. The average Bonchev–Trinajstić information content (AvgIpc) is 2.65. The molecule has 0 bridgehead atoms. The van der Waals surface area contributed by atoms with Crippen molar-refractivity contribution in [3.05, 3.63) is 58.7 Å². The molecule has 1 aliphatic heterocycles. The molecule has 0 radical (unpaired) electrons. The van der Waals surface area contributed by atoms with Crippen LogP contribution in [0.5, 0.6) is 5.75 Å². The standard InChI is InChI=1S/C22H24N2O2/c1-15-5-4-6-16(2)22(15)26-19-9-11-24(12-10-19)21-13-18(14-23)7-8-20(21)17(3)25/h4-8,13,19H,9-12H2,1-3H3. The zero-order valence-electron chi connectivity index (χ0n) is 15.6. The summed E-state index contributed by atoms with van der Waals surface area (Å²) in [5.74, 6) is 1.01. The molecule has 2 aromatic carbocycles. The third kappa shape index (κ3) is 3.72. The van der Waals surface area contributed by atoms with Crippen molar-refractivity contribution in [1.29, 1.82) is 5.26 Å². The number of aryl methyl sites for hydroxylation is 2. The molecule has 0 saturated carbocycles. The number of rotatable bonds is 4. The van der Waals surface area contributed by atoms with Crippen molar-refractivity contribution in [2.24, 2.45) is 0 Å². The number of anilines is 1. The Morgan fingerprint density at radius 3 is 2.38 bits per heavy atom. The molecular weight excluding hydrogens is 324 g/mol. The molecule has 1 fully saturated rings. The van der Waals surface area contributed by atoms with E-state index in [9.17, 15) is 10.1 Å². The molecule has 3 rings (SSSR count). The number of hydrogen-bond donors (Lipinski definition) is 0. The fraction of sp³-hybridized carbons (Fsp3) is 0.364. The Hall–Kier alpha value is -2.80. The number of ketones is 1. The summed E-state index contributed by atoms with van der Waals surface area (Å²) < 4.78 is 6.28. The zero-order chi connectivity index (χ0) is 18.7. The Morgan fingerprint density at radius 2 is 1.81 bits per heavy atom. The molecule has 0 atom stereocenters. The van der Waals surface area contributed by atoms with Crippen molar-refractivity contribution in [2.75, 3.05) is 18.0 Å².